The summed E-state index contributed by atoms with van der Waals surface area (Å²) >= 11 is 0. The molecule has 0 radical (unpaired) electrons. The molecule has 33 heavy (non-hydrogen) atoms. The molecule has 2 aromatic carbocycles. The van der Waals surface area contributed by atoms with Crippen LogP contribution in [0, 0.1) is 5.92 Å². The largest absolute Gasteiger partial charge is 0.481 e. The van der Waals surface area contributed by atoms with E-state index < -0.39 is 18.1 Å². The summed E-state index contributed by atoms with van der Waals surface area (Å²) in [6, 6.07) is 15.6. The van der Waals surface area contributed by atoms with E-state index in [1.54, 1.807) is 6.92 Å². The highest BCUT2D eigenvalue weighted by molar-refractivity contribution is 5.80. The minimum atomic E-state index is -0.895. The van der Waals surface area contributed by atoms with Crippen LogP contribution in [0.25, 0.3) is 11.1 Å². The molecule has 0 aromatic heterocycles. The maximum absolute atomic E-state index is 12.6. The number of carboxylic acids is 1. The van der Waals surface area contributed by atoms with Crippen molar-refractivity contribution in [1.29, 1.82) is 0 Å². The smallest absolute Gasteiger partial charge is 0.407 e. The van der Waals surface area contributed by atoms with Crippen molar-refractivity contribution in [2.45, 2.75) is 58.0 Å². The number of ether oxygens (including phenoxy) is 1. The molecule has 176 valence electrons. The Labute approximate surface area is 194 Å². The van der Waals surface area contributed by atoms with Gasteiger partial charge in [-0.25, -0.2) is 4.79 Å². The van der Waals surface area contributed by atoms with Crippen LogP contribution >= 0.6 is 0 Å². The quantitative estimate of drug-likeness (QED) is 0.498. The van der Waals surface area contributed by atoms with Gasteiger partial charge in [0.05, 0.1) is 0 Å². The third-order valence-corrected chi connectivity index (χ3v) is 6.06. The summed E-state index contributed by atoms with van der Waals surface area (Å²) < 4.78 is 5.60. The summed E-state index contributed by atoms with van der Waals surface area (Å²) in [4.78, 5) is 35.7. The first-order valence-corrected chi connectivity index (χ1v) is 11.4. The maximum Gasteiger partial charge on any atom is 0.407 e. The third kappa shape index (κ3) is 6.34. The van der Waals surface area contributed by atoms with E-state index in [-0.39, 0.29) is 43.2 Å². The van der Waals surface area contributed by atoms with Crippen molar-refractivity contribution in [1.82, 2.24) is 10.6 Å². The zero-order chi connectivity index (χ0) is 24.0. The van der Waals surface area contributed by atoms with Crippen molar-refractivity contribution in [2.24, 2.45) is 5.92 Å². The van der Waals surface area contributed by atoms with E-state index in [1.807, 2.05) is 38.1 Å². The molecule has 0 fully saturated rings. The van der Waals surface area contributed by atoms with Crippen molar-refractivity contribution >= 4 is 18.0 Å². The Morgan fingerprint density at radius 2 is 1.52 bits per heavy atom. The predicted molar refractivity (Wildman–Crippen MR) is 126 cm³/mol. The molecule has 0 spiro atoms. The molecular formula is C26H32N2O5. The topological polar surface area (TPSA) is 105 Å². The van der Waals surface area contributed by atoms with Crippen LogP contribution in [0.4, 0.5) is 4.79 Å². The predicted octanol–water partition coefficient (Wildman–Crippen LogP) is 4.31. The lowest BCUT2D eigenvalue weighted by Gasteiger charge is -2.23. The van der Waals surface area contributed by atoms with Gasteiger partial charge in [-0.3, -0.25) is 9.59 Å². The van der Waals surface area contributed by atoms with E-state index in [4.69, 9.17) is 9.84 Å². The van der Waals surface area contributed by atoms with Crippen molar-refractivity contribution in [3.63, 3.8) is 0 Å². The van der Waals surface area contributed by atoms with Crippen molar-refractivity contribution < 1.29 is 24.2 Å². The lowest BCUT2D eigenvalue weighted by Crippen LogP contribution is -2.44. The number of nitrogens with one attached hydrogen (secondary N) is 2. The number of fused-ring (bicyclic) bond motifs is 3. The Kier molecular flexibility index (Phi) is 8.09. The van der Waals surface area contributed by atoms with Crippen LogP contribution in [-0.4, -0.2) is 41.8 Å². The molecule has 2 atom stereocenters. The lowest BCUT2D eigenvalue weighted by atomic mass is 9.98. The van der Waals surface area contributed by atoms with Crippen molar-refractivity contribution in [2.75, 3.05) is 6.61 Å². The number of carbonyl (C=O) groups is 3. The van der Waals surface area contributed by atoms with Gasteiger partial charge in [0.15, 0.2) is 0 Å². The highest BCUT2D eigenvalue weighted by atomic mass is 16.5. The van der Waals surface area contributed by atoms with E-state index in [0.29, 0.717) is 6.42 Å². The van der Waals surface area contributed by atoms with Gasteiger partial charge in [0.1, 0.15) is 6.61 Å². The minimum absolute atomic E-state index is 0.00689. The van der Waals surface area contributed by atoms with E-state index in [2.05, 4.69) is 34.9 Å². The molecule has 1 aliphatic rings. The van der Waals surface area contributed by atoms with Crippen molar-refractivity contribution in [3.8, 4) is 11.1 Å². The molecule has 2 amide bonds. The van der Waals surface area contributed by atoms with Gasteiger partial charge in [-0.15, -0.1) is 0 Å². The number of aliphatic carboxylic acids is 1. The second kappa shape index (κ2) is 11.0. The van der Waals surface area contributed by atoms with E-state index in [1.165, 1.54) is 0 Å². The SMILES string of the molecule is CC(CCC(=O)O)NC(=O)CC(NC(=O)OCC1c2ccccc2-c2ccccc21)C(C)C. The van der Waals surface area contributed by atoms with Crippen LogP contribution < -0.4 is 10.6 Å². The summed E-state index contributed by atoms with van der Waals surface area (Å²) in [5.41, 5.74) is 4.61. The Morgan fingerprint density at radius 3 is 2.06 bits per heavy atom. The monoisotopic (exact) mass is 452 g/mol. The first kappa shape index (κ1) is 24.3. The van der Waals surface area contributed by atoms with Gasteiger partial charge in [0.2, 0.25) is 5.91 Å². The first-order chi connectivity index (χ1) is 15.8. The van der Waals surface area contributed by atoms with Crippen LogP contribution in [0.1, 0.15) is 57.1 Å². The Balaban J connectivity index is 1.55. The number of carbonyl (C=O) groups excluding carboxylic acids is 2. The van der Waals surface area contributed by atoms with Gasteiger partial charge < -0.3 is 20.5 Å². The molecule has 2 unspecified atom stereocenters. The number of alkyl carbamates (subject to hydrolysis) is 1. The molecule has 7 heteroatoms. The summed E-state index contributed by atoms with van der Waals surface area (Å²) in [5.74, 6) is -1.14. The lowest BCUT2D eigenvalue weighted by molar-refractivity contribution is -0.137. The van der Waals surface area contributed by atoms with E-state index in [9.17, 15) is 14.4 Å². The first-order valence-electron chi connectivity index (χ1n) is 11.4. The number of benzene rings is 2. The number of hydrogen-bond acceptors (Lipinski definition) is 4. The Hall–Kier alpha value is -3.35. The van der Waals surface area contributed by atoms with Gasteiger partial charge in [-0.05, 0) is 41.5 Å². The zero-order valence-electron chi connectivity index (χ0n) is 19.3. The molecular weight excluding hydrogens is 420 g/mol. The molecule has 0 aliphatic heterocycles. The fraction of sp³-hybridized carbons (Fsp3) is 0.423. The average Bonchev–Trinajstić information content (AvgIpc) is 3.09. The van der Waals surface area contributed by atoms with Crippen LogP contribution in [0.2, 0.25) is 0 Å². The highest BCUT2D eigenvalue weighted by Crippen LogP contribution is 2.44. The number of hydrogen-bond donors (Lipinski definition) is 3. The summed E-state index contributed by atoms with van der Waals surface area (Å²) in [6.45, 7) is 5.83. The Bertz CT molecular complexity index is 958. The number of amides is 2. The van der Waals surface area contributed by atoms with Gasteiger partial charge in [0, 0.05) is 30.8 Å². The fourth-order valence-corrected chi connectivity index (χ4v) is 4.19. The summed E-state index contributed by atoms with van der Waals surface area (Å²) in [5, 5.41) is 14.4. The zero-order valence-corrected chi connectivity index (χ0v) is 19.3. The van der Waals surface area contributed by atoms with Gasteiger partial charge >= 0.3 is 12.1 Å². The fourth-order valence-electron chi connectivity index (χ4n) is 4.19. The normalized spacial score (nSPS) is 14.2. The van der Waals surface area contributed by atoms with E-state index >= 15 is 0 Å². The van der Waals surface area contributed by atoms with Crippen LogP contribution in [0.5, 0.6) is 0 Å². The molecule has 3 rings (SSSR count). The second-order valence-electron chi connectivity index (χ2n) is 8.93. The molecule has 7 nitrogen and oxygen atoms in total. The summed E-state index contributed by atoms with van der Waals surface area (Å²) in [7, 11) is 0. The van der Waals surface area contributed by atoms with Crippen LogP contribution in [0.15, 0.2) is 48.5 Å². The Morgan fingerprint density at radius 1 is 0.939 bits per heavy atom. The van der Waals surface area contributed by atoms with Crippen LogP contribution in [0.3, 0.4) is 0 Å². The average molecular weight is 453 g/mol. The maximum atomic E-state index is 12.6. The number of carboxylic acid groups (broad SMARTS) is 1. The molecule has 0 saturated heterocycles. The van der Waals surface area contributed by atoms with E-state index in [0.717, 1.165) is 22.3 Å². The minimum Gasteiger partial charge on any atom is -0.481 e. The van der Waals surface area contributed by atoms with Gasteiger partial charge in [-0.1, -0.05) is 62.4 Å². The van der Waals surface area contributed by atoms with Crippen molar-refractivity contribution in [3.05, 3.63) is 59.7 Å². The highest BCUT2D eigenvalue weighted by Gasteiger charge is 2.29. The van der Waals surface area contributed by atoms with Crippen LogP contribution in [-0.2, 0) is 14.3 Å². The molecule has 1 aliphatic carbocycles. The molecule has 0 bridgehead atoms. The molecule has 0 heterocycles. The van der Waals surface area contributed by atoms with Gasteiger partial charge in [0.25, 0.3) is 0 Å². The second-order valence-corrected chi connectivity index (χ2v) is 8.93. The van der Waals surface area contributed by atoms with Gasteiger partial charge in [-0.2, -0.15) is 0 Å². The molecule has 2 aromatic rings. The standard InChI is InChI=1S/C26H32N2O5/c1-16(2)23(14-24(29)27-17(3)12-13-25(30)31)28-26(32)33-15-22-20-10-6-4-8-18(20)19-9-5-7-11-21(19)22/h4-11,16-17,22-23H,12-15H2,1-3H3,(H,27,29)(H,28,32)(H,30,31). The number of rotatable bonds is 10. The molecule has 0 saturated carbocycles. The summed E-state index contributed by atoms with van der Waals surface area (Å²) in [6.07, 6.45) is -0.109. The third-order valence-electron chi connectivity index (χ3n) is 6.06. The molecule has 3 N–H and O–H groups in total.